The molecule has 0 saturated heterocycles. The summed E-state index contributed by atoms with van der Waals surface area (Å²) in [6.45, 7) is 0. The number of halogens is 2. The molecule has 0 N–H and O–H groups in total. The van der Waals surface area contributed by atoms with Gasteiger partial charge in [-0.05, 0) is 55.1 Å². The van der Waals surface area contributed by atoms with E-state index in [1.165, 1.54) is 9.75 Å². The number of rotatable bonds is 1. The molecule has 0 bridgehead atoms. The van der Waals surface area contributed by atoms with Crippen molar-refractivity contribution in [2.75, 3.05) is 0 Å². The number of hydrogen-bond acceptors (Lipinski definition) is 4. The van der Waals surface area contributed by atoms with Crippen molar-refractivity contribution in [3.05, 3.63) is 30.8 Å². The minimum absolute atomic E-state index is 0.116. The topological polar surface area (TPSA) is 47.6 Å². The van der Waals surface area contributed by atoms with Crippen LogP contribution in [0.25, 0.3) is 9.75 Å². The normalized spacial score (nSPS) is 13.2. The van der Waals surface area contributed by atoms with Crippen LogP contribution in [0.2, 0.25) is 0 Å². The Morgan fingerprint density at radius 2 is 1.44 bits per heavy atom. The quantitative estimate of drug-likeness (QED) is 0.668. The second-order valence-corrected chi connectivity index (χ2v) is 8.75. The number of fused-ring (bicyclic) bond motifs is 3. The van der Waals surface area contributed by atoms with Crippen LogP contribution in [0.15, 0.2) is 19.7 Å². The van der Waals surface area contributed by atoms with Crippen LogP contribution in [-0.2, 0) is 0 Å². The minimum Gasteiger partial charge on any atom is -0.197 e. The van der Waals surface area contributed by atoms with E-state index < -0.39 is 5.92 Å². The lowest BCUT2D eigenvalue weighted by atomic mass is 9.87. The standard InChI is InChI=1S/C12H4Br2N2S2/c13-8-1-6-10(5(3-15)4-16)7-2-9(14)18-12(7)11(6)17-8/h1-2,5,10H. The first-order valence-corrected chi connectivity index (χ1v) is 8.25. The Kier molecular flexibility index (Phi) is 3.07. The van der Waals surface area contributed by atoms with Gasteiger partial charge in [0.05, 0.1) is 19.7 Å². The van der Waals surface area contributed by atoms with Crippen LogP contribution in [0.5, 0.6) is 0 Å². The predicted molar refractivity (Wildman–Crippen MR) is 79.6 cm³/mol. The monoisotopic (exact) mass is 398 g/mol. The fourth-order valence-electron chi connectivity index (χ4n) is 2.27. The highest BCUT2D eigenvalue weighted by molar-refractivity contribution is 9.11. The SMILES string of the molecule is N#CC(C#N)C1c2cc(Br)sc2-c2sc(Br)cc21. The van der Waals surface area contributed by atoms with E-state index in [1.807, 2.05) is 12.1 Å². The highest BCUT2D eigenvalue weighted by Crippen LogP contribution is 2.56. The predicted octanol–water partition coefficient (Wildman–Crippen LogP) is 5.11. The summed E-state index contributed by atoms with van der Waals surface area (Å²) in [4.78, 5) is 2.38. The molecule has 1 aliphatic carbocycles. The molecule has 3 rings (SSSR count). The van der Waals surface area contributed by atoms with Crippen LogP contribution in [0.1, 0.15) is 17.0 Å². The van der Waals surface area contributed by atoms with E-state index in [4.69, 9.17) is 10.5 Å². The molecule has 2 heterocycles. The molecule has 88 valence electrons. The second-order valence-electron chi connectivity index (χ2n) is 3.88. The molecule has 0 unspecified atom stereocenters. The van der Waals surface area contributed by atoms with Gasteiger partial charge in [-0.15, -0.1) is 22.7 Å². The van der Waals surface area contributed by atoms with Gasteiger partial charge in [-0.2, -0.15) is 10.5 Å². The van der Waals surface area contributed by atoms with Crippen LogP contribution in [-0.4, -0.2) is 0 Å². The van der Waals surface area contributed by atoms with E-state index in [0.717, 1.165) is 18.7 Å². The molecule has 18 heavy (non-hydrogen) atoms. The lowest BCUT2D eigenvalue weighted by Gasteiger charge is -2.10. The zero-order valence-corrected chi connectivity index (χ0v) is 13.6. The van der Waals surface area contributed by atoms with E-state index in [1.54, 1.807) is 22.7 Å². The average Bonchev–Trinajstić information content (AvgIpc) is 2.94. The van der Waals surface area contributed by atoms with Crippen molar-refractivity contribution in [2.24, 2.45) is 5.92 Å². The fraction of sp³-hybridized carbons (Fsp3) is 0.167. The van der Waals surface area contributed by atoms with Crippen LogP contribution in [0.3, 0.4) is 0 Å². The highest BCUT2D eigenvalue weighted by Gasteiger charge is 2.38. The molecule has 0 fully saturated rings. The zero-order chi connectivity index (χ0) is 12.9. The molecule has 0 radical (unpaired) electrons. The van der Waals surface area contributed by atoms with Gasteiger partial charge < -0.3 is 0 Å². The number of thiophene rings is 2. The largest absolute Gasteiger partial charge is 0.197 e. The Bertz CT molecular complexity index is 657. The first-order valence-electron chi connectivity index (χ1n) is 5.03. The van der Waals surface area contributed by atoms with Crippen LogP contribution < -0.4 is 0 Å². The molecular formula is C12H4Br2N2S2. The van der Waals surface area contributed by atoms with Crippen molar-refractivity contribution in [2.45, 2.75) is 5.92 Å². The number of nitrogens with zero attached hydrogens (tertiary/aromatic N) is 2. The van der Waals surface area contributed by atoms with Crippen LogP contribution in [0.4, 0.5) is 0 Å². The van der Waals surface area contributed by atoms with Crippen molar-refractivity contribution >= 4 is 54.5 Å². The lowest BCUT2D eigenvalue weighted by Crippen LogP contribution is -2.07. The summed E-state index contributed by atoms with van der Waals surface area (Å²) in [5.41, 5.74) is 2.21. The van der Waals surface area contributed by atoms with E-state index in [-0.39, 0.29) is 5.92 Å². The fourth-order valence-corrected chi connectivity index (χ4v) is 5.77. The average molecular weight is 400 g/mol. The van der Waals surface area contributed by atoms with Gasteiger partial charge in [0.1, 0.15) is 5.92 Å². The molecule has 2 nitrogen and oxygen atoms in total. The van der Waals surface area contributed by atoms with Gasteiger partial charge in [0, 0.05) is 15.7 Å². The third-order valence-electron chi connectivity index (χ3n) is 2.95. The Morgan fingerprint density at radius 3 is 1.83 bits per heavy atom. The van der Waals surface area contributed by atoms with Crippen molar-refractivity contribution in [1.29, 1.82) is 10.5 Å². The third kappa shape index (κ3) is 1.68. The summed E-state index contributed by atoms with van der Waals surface area (Å²) in [5, 5.41) is 18.3. The van der Waals surface area contributed by atoms with E-state index in [9.17, 15) is 0 Å². The maximum absolute atomic E-state index is 9.16. The van der Waals surface area contributed by atoms with Crippen LogP contribution in [0, 0.1) is 28.6 Å². The van der Waals surface area contributed by atoms with Gasteiger partial charge in [-0.25, -0.2) is 0 Å². The van der Waals surface area contributed by atoms with Gasteiger partial charge in [-0.3, -0.25) is 0 Å². The molecule has 0 saturated carbocycles. The maximum Gasteiger partial charge on any atom is 0.144 e. The first kappa shape index (κ1) is 12.4. The summed E-state index contributed by atoms with van der Waals surface area (Å²) in [5.74, 6) is -0.747. The molecule has 0 atom stereocenters. The summed E-state index contributed by atoms with van der Waals surface area (Å²) in [6, 6.07) is 8.29. The van der Waals surface area contributed by atoms with Gasteiger partial charge >= 0.3 is 0 Å². The van der Waals surface area contributed by atoms with E-state index in [2.05, 4.69) is 44.0 Å². The second kappa shape index (κ2) is 4.47. The molecule has 0 spiro atoms. The summed E-state index contributed by atoms with van der Waals surface area (Å²) < 4.78 is 2.09. The summed E-state index contributed by atoms with van der Waals surface area (Å²) in [7, 11) is 0. The molecule has 2 aromatic rings. The highest BCUT2D eigenvalue weighted by atomic mass is 79.9. The van der Waals surface area contributed by atoms with Gasteiger partial charge in [-0.1, -0.05) is 0 Å². The van der Waals surface area contributed by atoms with Crippen molar-refractivity contribution < 1.29 is 0 Å². The minimum atomic E-state index is -0.631. The Morgan fingerprint density at radius 1 is 1.00 bits per heavy atom. The van der Waals surface area contributed by atoms with Crippen LogP contribution >= 0.6 is 54.5 Å². The number of nitriles is 2. The van der Waals surface area contributed by atoms with Crippen molar-refractivity contribution in [1.82, 2.24) is 0 Å². The molecular weight excluding hydrogens is 396 g/mol. The number of hydrogen-bond donors (Lipinski definition) is 0. The molecule has 0 amide bonds. The van der Waals surface area contributed by atoms with Gasteiger partial charge in [0.15, 0.2) is 0 Å². The van der Waals surface area contributed by atoms with E-state index >= 15 is 0 Å². The molecule has 0 aliphatic heterocycles. The Hall–Kier alpha value is -0.660. The van der Waals surface area contributed by atoms with E-state index in [0.29, 0.717) is 0 Å². The first-order chi connectivity index (χ1) is 8.65. The Balaban J connectivity index is 2.26. The molecule has 2 aromatic heterocycles. The smallest absolute Gasteiger partial charge is 0.144 e. The summed E-state index contributed by atoms with van der Waals surface area (Å²) in [6.07, 6.45) is 0. The third-order valence-corrected chi connectivity index (χ3v) is 6.42. The molecule has 1 aliphatic rings. The summed E-state index contributed by atoms with van der Waals surface area (Å²) >= 11 is 10.3. The Labute approximate surface area is 129 Å². The lowest BCUT2D eigenvalue weighted by molar-refractivity contribution is 0.727. The van der Waals surface area contributed by atoms with Gasteiger partial charge in [0.2, 0.25) is 0 Å². The molecule has 6 heteroatoms. The molecule has 0 aromatic carbocycles. The van der Waals surface area contributed by atoms with Crippen molar-refractivity contribution in [3.63, 3.8) is 0 Å². The van der Waals surface area contributed by atoms with Crippen molar-refractivity contribution in [3.8, 4) is 21.9 Å². The maximum atomic E-state index is 9.16. The van der Waals surface area contributed by atoms with Gasteiger partial charge in [0.25, 0.3) is 0 Å². The zero-order valence-electron chi connectivity index (χ0n) is 8.78.